The number of halogens is 2. The molecule has 1 rings (SSSR count). The van der Waals surface area contributed by atoms with Crippen molar-refractivity contribution in [3.63, 3.8) is 0 Å². The van der Waals surface area contributed by atoms with Gasteiger partial charge in [0, 0.05) is 23.0 Å². The zero-order chi connectivity index (χ0) is 13.7. The van der Waals surface area contributed by atoms with Crippen molar-refractivity contribution in [3.8, 4) is 0 Å². The zero-order valence-electron chi connectivity index (χ0n) is 9.49. The molecule has 0 aliphatic rings. The number of Topliss-reactive ketones (excluding diaryl/α,β-unsaturated/α-hetero) is 1. The van der Waals surface area contributed by atoms with E-state index in [1.807, 2.05) is 0 Å². The van der Waals surface area contributed by atoms with Crippen molar-refractivity contribution in [1.29, 1.82) is 0 Å². The number of carbonyl (C=O) groups is 1. The summed E-state index contributed by atoms with van der Waals surface area (Å²) in [7, 11) is 0. The lowest BCUT2D eigenvalue weighted by molar-refractivity contribution is 0.103. The monoisotopic (exact) mass is 282 g/mol. The van der Waals surface area contributed by atoms with Crippen molar-refractivity contribution in [2.24, 2.45) is 11.5 Å². The van der Waals surface area contributed by atoms with Crippen LogP contribution in [-0.4, -0.2) is 5.78 Å². The van der Waals surface area contributed by atoms with Gasteiger partial charge in [-0.2, -0.15) is 0 Å². The van der Waals surface area contributed by atoms with E-state index < -0.39 is 0 Å². The van der Waals surface area contributed by atoms with Crippen molar-refractivity contribution < 1.29 is 4.79 Å². The molecular formula is C13H12Cl2N2O. The number of benzene rings is 1. The Hall–Kier alpha value is -1.71. The Kier molecular flexibility index (Phi) is 5.01. The van der Waals surface area contributed by atoms with Crippen molar-refractivity contribution in [3.05, 3.63) is 70.0 Å². The van der Waals surface area contributed by atoms with E-state index in [0.29, 0.717) is 10.6 Å². The van der Waals surface area contributed by atoms with Gasteiger partial charge in [0.15, 0.2) is 5.78 Å². The Balaban J connectivity index is 3.03. The summed E-state index contributed by atoms with van der Waals surface area (Å²) in [6.45, 7) is 3.63. The highest BCUT2D eigenvalue weighted by Gasteiger charge is 2.15. The molecule has 1 aromatic rings. The SMILES string of the molecule is C=C(C(=O)c1ccccc1Cl)/C(N)=C\C(Cl)=C/N. The minimum Gasteiger partial charge on any atom is -0.403 e. The summed E-state index contributed by atoms with van der Waals surface area (Å²) >= 11 is 11.6. The highest BCUT2D eigenvalue weighted by molar-refractivity contribution is 6.35. The van der Waals surface area contributed by atoms with Crippen molar-refractivity contribution in [1.82, 2.24) is 0 Å². The Morgan fingerprint density at radius 1 is 1.33 bits per heavy atom. The Morgan fingerprint density at radius 3 is 2.50 bits per heavy atom. The van der Waals surface area contributed by atoms with Gasteiger partial charge in [0.05, 0.1) is 10.1 Å². The normalized spacial score (nSPS) is 12.3. The first-order valence-corrected chi connectivity index (χ1v) is 5.76. The van der Waals surface area contributed by atoms with Crippen LogP contribution in [-0.2, 0) is 0 Å². The van der Waals surface area contributed by atoms with E-state index in [1.165, 1.54) is 12.3 Å². The van der Waals surface area contributed by atoms with E-state index >= 15 is 0 Å². The average molecular weight is 283 g/mol. The quantitative estimate of drug-likeness (QED) is 0.507. The lowest BCUT2D eigenvalue weighted by atomic mass is 10.0. The van der Waals surface area contributed by atoms with Gasteiger partial charge in [-0.1, -0.05) is 41.9 Å². The Bertz CT molecular complexity index is 548. The molecule has 18 heavy (non-hydrogen) atoms. The van der Waals surface area contributed by atoms with E-state index in [-0.39, 0.29) is 22.1 Å². The van der Waals surface area contributed by atoms with E-state index in [4.69, 9.17) is 34.7 Å². The molecular weight excluding hydrogens is 271 g/mol. The molecule has 0 aliphatic heterocycles. The largest absolute Gasteiger partial charge is 0.403 e. The highest BCUT2D eigenvalue weighted by Crippen LogP contribution is 2.20. The fourth-order valence-corrected chi connectivity index (χ4v) is 1.56. The molecule has 5 heteroatoms. The van der Waals surface area contributed by atoms with Gasteiger partial charge in [-0.15, -0.1) is 0 Å². The number of nitrogens with two attached hydrogens (primary N) is 2. The minimum absolute atomic E-state index is 0.114. The van der Waals surface area contributed by atoms with Gasteiger partial charge in [0.1, 0.15) is 0 Å². The van der Waals surface area contributed by atoms with Crippen LogP contribution in [0.2, 0.25) is 5.02 Å². The number of allylic oxidation sites excluding steroid dienone is 3. The molecule has 0 heterocycles. The zero-order valence-corrected chi connectivity index (χ0v) is 11.0. The van der Waals surface area contributed by atoms with Crippen molar-refractivity contribution >= 4 is 29.0 Å². The van der Waals surface area contributed by atoms with Crippen LogP contribution in [0.5, 0.6) is 0 Å². The highest BCUT2D eigenvalue weighted by atomic mass is 35.5. The van der Waals surface area contributed by atoms with Gasteiger partial charge >= 0.3 is 0 Å². The molecule has 4 N–H and O–H groups in total. The smallest absolute Gasteiger partial charge is 0.195 e. The Labute approximate surface area is 115 Å². The molecule has 0 aliphatic carbocycles. The number of hydrogen-bond acceptors (Lipinski definition) is 3. The van der Waals surface area contributed by atoms with Crippen molar-refractivity contribution in [2.75, 3.05) is 0 Å². The third-order valence-corrected chi connectivity index (χ3v) is 2.76. The van der Waals surface area contributed by atoms with Crippen LogP contribution in [0.1, 0.15) is 10.4 Å². The van der Waals surface area contributed by atoms with Crippen molar-refractivity contribution in [2.45, 2.75) is 0 Å². The van der Waals surface area contributed by atoms with Gasteiger partial charge in [-0.3, -0.25) is 4.79 Å². The molecule has 0 saturated heterocycles. The predicted octanol–water partition coefficient (Wildman–Crippen LogP) is 2.96. The lowest BCUT2D eigenvalue weighted by Gasteiger charge is -2.06. The summed E-state index contributed by atoms with van der Waals surface area (Å²) in [5.74, 6) is -0.351. The summed E-state index contributed by atoms with van der Waals surface area (Å²) < 4.78 is 0. The minimum atomic E-state index is -0.351. The van der Waals surface area contributed by atoms with E-state index in [2.05, 4.69) is 6.58 Å². The van der Waals surface area contributed by atoms with Gasteiger partial charge in [-0.05, 0) is 18.2 Å². The van der Waals surface area contributed by atoms with E-state index in [1.54, 1.807) is 24.3 Å². The average Bonchev–Trinajstić information content (AvgIpc) is 2.37. The van der Waals surface area contributed by atoms with Gasteiger partial charge in [0.25, 0.3) is 0 Å². The third kappa shape index (κ3) is 3.39. The van der Waals surface area contributed by atoms with Crippen LogP contribution in [0, 0.1) is 0 Å². The molecule has 0 unspecified atom stereocenters. The van der Waals surface area contributed by atoms with E-state index in [9.17, 15) is 4.79 Å². The van der Waals surface area contributed by atoms with Crippen LogP contribution in [0.4, 0.5) is 0 Å². The first kappa shape index (κ1) is 14.4. The molecule has 94 valence electrons. The van der Waals surface area contributed by atoms with Crippen LogP contribution in [0.15, 0.2) is 59.4 Å². The van der Waals surface area contributed by atoms with Crippen LogP contribution >= 0.6 is 23.2 Å². The third-order valence-electron chi connectivity index (χ3n) is 2.19. The fourth-order valence-electron chi connectivity index (χ4n) is 1.22. The predicted molar refractivity (Wildman–Crippen MR) is 75.3 cm³/mol. The maximum Gasteiger partial charge on any atom is 0.195 e. The van der Waals surface area contributed by atoms with Gasteiger partial charge in [-0.25, -0.2) is 0 Å². The number of rotatable bonds is 4. The molecule has 0 amide bonds. The molecule has 1 aromatic carbocycles. The fraction of sp³-hybridized carbons (Fsp3) is 0. The molecule has 0 spiro atoms. The second kappa shape index (κ2) is 6.28. The maximum absolute atomic E-state index is 12.1. The van der Waals surface area contributed by atoms with Gasteiger partial charge < -0.3 is 11.5 Å². The summed E-state index contributed by atoms with van der Waals surface area (Å²) in [6, 6.07) is 6.66. The molecule has 3 nitrogen and oxygen atoms in total. The van der Waals surface area contributed by atoms with E-state index in [0.717, 1.165) is 0 Å². The topological polar surface area (TPSA) is 69.1 Å². The summed E-state index contributed by atoms with van der Waals surface area (Å²) in [5, 5.41) is 0.567. The number of hydrogen-bond donors (Lipinski definition) is 2. The first-order chi connectivity index (χ1) is 8.47. The number of carbonyl (C=O) groups excluding carboxylic acids is 1. The van der Waals surface area contributed by atoms with Crippen LogP contribution in [0.3, 0.4) is 0 Å². The molecule has 0 aromatic heterocycles. The van der Waals surface area contributed by atoms with Crippen LogP contribution in [0.25, 0.3) is 0 Å². The first-order valence-electron chi connectivity index (χ1n) is 5.00. The summed E-state index contributed by atoms with van der Waals surface area (Å²) in [5.41, 5.74) is 11.5. The van der Waals surface area contributed by atoms with Crippen LogP contribution < -0.4 is 11.5 Å². The Morgan fingerprint density at radius 2 is 1.94 bits per heavy atom. The molecule has 0 saturated carbocycles. The summed E-state index contributed by atoms with van der Waals surface area (Å²) in [6.07, 6.45) is 2.53. The molecule has 0 bridgehead atoms. The lowest BCUT2D eigenvalue weighted by Crippen LogP contribution is -2.11. The molecule has 0 radical (unpaired) electrons. The van der Waals surface area contributed by atoms with Gasteiger partial charge in [0.2, 0.25) is 0 Å². The standard InChI is InChI=1S/C13H12Cl2N2O/c1-8(12(17)6-9(14)7-16)13(18)10-4-2-3-5-11(10)15/h2-7H,1,16-17H2/b9-7+,12-6+. The second-order valence-corrected chi connectivity index (χ2v) is 4.28. The second-order valence-electron chi connectivity index (χ2n) is 3.44. The molecule has 0 atom stereocenters. The summed E-state index contributed by atoms with van der Waals surface area (Å²) in [4.78, 5) is 12.1. The number of ketones is 1. The maximum atomic E-state index is 12.1. The molecule has 0 fully saturated rings.